The van der Waals surface area contributed by atoms with E-state index in [-0.39, 0.29) is 23.9 Å². The van der Waals surface area contributed by atoms with Crippen LogP contribution < -0.4 is 24.3 Å². The van der Waals surface area contributed by atoms with Crippen molar-refractivity contribution in [2.75, 3.05) is 41.0 Å². The van der Waals surface area contributed by atoms with E-state index in [0.29, 0.717) is 40.7 Å². The molecule has 0 spiro atoms. The fourth-order valence-corrected chi connectivity index (χ4v) is 4.31. The molecule has 192 valence electrons. The first-order valence-electron chi connectivity index (χ1n) is 11.5. The lowest BCUT2D eigenvalue weighted by atomic mass is 10.1. The van der Waals surface area contributed by atoms with E-state index in [0.717, 1.165) is 29.5 Å². The summed E-state index contributed by atoms with van der Waals surface area (Å²) in [6.45, 7) is 2.91. The van der Waals surface area contributed by atoms with Gasteiger partial charge in [0.15, 0.2) is 11.5 Å². The maximum absolute atomic E-state index is 12.8. The van der Waals surface area contributed by atoms with Crippen molar-refractivity contribution in [1.29, 1.82) is 0 Å². The van der Waals surface area contributed by atoms with Gasteiger partial charge >= 0.3 is 0 Å². The van der Waals surface area contributed by atoms with E-state index >= 15 is 0 Å². The Kier molecular flexibility index (Phi) is 9.63. The SMILES string of the molecule is CCCCOc1ccc(C(=O)NCCN2C(=O)S/C(=C\c3cc(OC)c(OC)c(OC)c3)C2=O)cc1. The average Bonchev–Trinajstić information content (AvgIpc) is 3.15. The average molecular weight is 515 g/mol. The molecule has 2 aromatic carbocycles. The van der Waals surface area contributed by atoms with Crippen LogP contribution in [0, 0.1) is 0 Å². The molecular formula is C26H30N2O7S. The molecule has 0 atom stereocenters. The van der Waals surface area contributed by atoms with Crippen LogP contribution in [-0.2, 0) is 4.79 Å². The number of ether oxygens (including phenoxy) is 4. The van der Waals surface area contributed by atoms with Crippen LogP contribution in [-0.4, -0.2) is 63.0 Å². The standard InChI is InChI=1S/C26H30N2O7S/c1-5-6-13-35-19-9-7-18(8-10-19)24(29)27-11-12-28-25(30)22(36-26(28)31)16-17-14-20(32-2)23(34-4)21(15-17)33-3/h7-10,14-16H,5-6,11-13H2,1-4H3,(H,27,29)/b22-16-. The van der Waals surface area contributed by atoms with Gasteiger partial charge in [0.1, 0.15) is 5.75 Å². The topological polar surface area (TPSA) is 103 Å². The number of carbonyl (C=O) groups is 3. The zero-order valence-electron chi connectivity index (χ0n) is 20.8. The van der Waals surface area contributed by atoms with Gasteiger partial charge in [-0.15, -0.1) is 0 Å². The van der Waals surface area contributed by atoms with Crippen molar-refractivity contribution in [3.8, 4) is 23.0 Å². The number of hydrogen-bond acceptors (Lipinski definition) is 8. The van der Waals surface area contributed by atoms with Crippen LogP contribution in [0.2, 0.25) is 0 Å². The lowest BCUT2D eigenvalue weighted by Gasteiger charge is -2.14. The molecular weight excluding hydrogens is 484 g/mol. The van der Waals surface area contributed by atoms with Gasteiger partial charge in [-0.2, -0.15) is 0 Å². The second-order valence-electron chi connectivity index (χ2n) is 7.77. The number of benzene rings is 2. The summed E-state index contributed by atoms with van der Waals surface area (Å²) in [5.41, 5.74) is 1.08. The summed E-state index contributed by atoms with van der Waals surface area (Å²) in [4.78, 5) is 39.1. The highest BCUT2D eigenvalue weighted by Gasteiger charge is 2.34. The molecule has 1 saturated heterocycles. The van der Waals surface area contributed by atoms with E-state index in [4.69, 9.17) is 18.9 Å². The number of methoxy groups -OCH3 is 3. The zero-order chi connectivity index (χ0) is 26.1. The van der Waals surface area contributed by atoms with Crippen molar-refractivity contribution in [3.63, 3.8) is 0 Å². The van der Waals surface area contributed by atoms with E-state index in [2.05, 4.69) is 12.2 Å². The molecule has 10 heteroatoms. The highest BCUT2D eigenvalue weighted by Crippen LogP contribution is 2.40. The van der Waals surface area contributed by atoms with Gasteiger partial charge in [-0.1, -0.05) is 13.3 Å². The Morgan fingerprint density at radius 1 is 1.03 bits per heavy atom. The molecule has 1 N–H and O–H groups in total. The molecule has 3 amide bonds. The lowest BCUT2D eigenvalue weighted by molar-refractivity contribution is -0.122. The van der Waals surface area contributed by atoms with Gasteiger partial charge in [0.2, 0.25) is 5.75 Å². The number of imide groups is 1. The summed E-state index contributed by atoms with van der Waals surface area (Å²) < 4.78 is 21.6. The Labute approximate surface area is 214 Å². The number of unbranched alkanes of at least 4 members (excludes halogenated alkanes) is 1. The molecule has 1 aliphatic heterocycles. The summed E-state index contributed by atoms with van der Waals surface area (Å²) in [5, 5.41) is 2.34. The van der Waals surface area contributed by atoms with Gasteiger partial charge in [0, 0.05) is 18.7 Å². The van der Waals surface area contributed by atoms with E-state index in [1.165, 1.54) is 21.3 Å². The van der Waals surface area contributed by atoms with Crippen LogP contribution in [0.1, 0.15) is 35.7 Å². The normalized spacial score (nSPS) is 14.2. The predicted octanol–water partition coefficient (Wildman–Crippen LogP) is 4.36. The van der Waals surface area contributed by atoms with Crippen LogP contribution in [0.5, 0.6) is 23.0 Å². The first-order valence-corrected chi connectivity index (χ1v) is 12.3. The Hall–Kier alpha value is -3.66. The van der Waals surface area contributed by atoms with Gasteiger partial charge < -0.3 is 24.3 Å². The van der Waals surface area contributed by atoms with Crippen molar-refractivity contribution in [2.24, 2.45) is 0 Å². The van der Waals surface area contributed by atoms with Crippen LogP contribution in [0.3, 0.4) is 0 Å². The number of nitrogens with zero attached hydrogens (tertiary/aromatic N) is 1. The van der Waals surface area contributed by atoms with E-state index < -0.39 is 11.1 Å². The second-order valence-corrected chi connectivity index (χ2v) is 8.77. The predicted molar refractivity (Wildman–Crippen MR) is 138 cm³/mol. The molecule has 9 nitrogen and oxygen atoms in total. The molecule has 36 heavy (non-hydrogen) atoms. The first-order chi connectivity index (χ1) is 17.4. The van der Waals surface area contributed by atoms with Crippen LogP contribution in [0.25, 0.3) is 6.08 Å². The number of hydrogen-bond donors (Lipinski definition) is 1. The molecule has 0 radical (unpaired) electrons. The molecule has 1 heterocycles. The van der Waals surface area contributed by atoms with E-state index in [1.807, 2.05) is 0 Å². The summed E-state index contributed by atoms with van der Waals surface area (Å²) >= 11 is 0.837. The van der Waals surface area contributed by atoms with Gasteiger partial charge in [-0.05, 0) is 66.2 Å². The van der Waals surface area contributed by atoms with Crippen LogP contribution in [0.15, 0.2) is 41.3 Å². The maximum atomic E-state index is 12.8. The monoisotopic (exact) mass is 514 g/mol. The number of rotatable bonds is 12. The quantitative estimate of drug-likeness (QED) is 0.329. The lowest BCUT2D eigenvalue weighted by Crippen LogP contribution is -2.37. The van der Waals surface area contributed by atoms with Gasteiger partial charge in [0.05, 0.1) is 32.8 Å². The minimum absolute atomic E-state index is 0.0568. The number of nitrogens with one attached hydrogen (secondary N) is 1. The molecule has 0 saturated carbocycles. The summed E-state index contributed by atoms with van der Waals surface area (Å²) in [6.07, 6.45) is 3.61. The van der Waals surface area contributed by atoms with Crippen molar-refractivity contribution in [1.82, 2.24) is 10.2 Å². The molecule has 0 unspecified atom stereocenters. The maximum Gasteiger partial charge on any atom is 0.293 e. The van der Waals surface area contributed by atoms with E-state index in [9.17, 15) is 14.4 Å². The molecule has 3 rings (SSSR count). The third-order valence-corrected chi connectivity index (χ3v) is 6.27. The minimum atomic E-state index is -0.429. The van der Waals surface area contributed by atoms with Crippen molar-refractivity contribution < 1.29 is 33.3 Å². The van der Waals surface area contributed by atoms with Gasteiger partial charge in [-0.3, -0.25) is 19.3 Å². The largest absolute Gasteiger partial charge is 0.494 e. The first kappa shape index (κ1) is 26.9. The van der Waals surface area contributed by atoms with Crippen molar-refractivity contribution >= 4 is 34.9 Å². The summed E-state index contributed by atoms with van der Waals surface area (Å²) in [5.74, 6) is 1.28. The molecule has 1 aliphatic rings. The molecule has 2 aromatic rings. The minimum Gasteiger partial charge on any atom is -0.494 e. The molecule has 1 fully saturated rings. The Balaban J connectivity index is 1.59. The highest BCUT2D eigenvalue weighted by molar-refractivity contribution is 8.18. The van der Waals surface area contributed by atoms with E-state index in [1.54, 1.807) is 42.5 Å². The number of thioether (sulfide) groups is 1. The highest BCUT2D eigenvalue weighted by atomic mass is 32.2. The third kappa shape index (κ3) is 6.51. The fourth-order valence-electron chi connectivity index (χ4n) is 3.45. The van der Waals surface area contributed by atoms with Crippen molar-refractivity contribution in [2.45, 2.75) is 19.8 Å². The molecule has 0 aliphatic carbocycles. The smallest absolute Gasteiger partial charge is 0.293 e. The summed E-state index contributed by atoms with van der Waals surface area (Å²) in [7, 11) is 4.50. The Bertz CT molecular complexity index is 1110. The van der Waals surface area contributed by atoms with Crippen molar-refractivity contribution in [3.05, 3.63) is 52.4 Å². The fraction of sp³-hybridized carbons (Fsp3) is 0.346. The van der Waals surface area contributed by atoms with Crippen LogP contribution in [0.4, 0.5) is 4.79 Å². The van der Waals surface area contributed by atoms with Gasteiger partial charge in [-0.25, -0.2) is 0 Å². The van der Waals surface area contributed by atoms with Gasteiger partial charge in [0.25, 0.3) is 17.1 Å². The number of amides is 3. The summed E-state index contributed by atoms with van der Waals surface area (Å²) in [6, 6.07) is 10.2. The third-order valence-electron chi connectivity index (χ3n) is 5.36. The van der Waals surface area contributed by atoms with Crippen LogP contribution >= 0.6 is 11.8 Å². The zero-order valence-corrected chi connectivity index (χ0v) is 21.6. The Morgan fingerprint density at radius 3 is 2.28 bits per heavy atom. The number of carbonyl (C=O) groups excluding carboxylic acids is 3. The molecule has 0 aromatic heterocycles. The Morgan fingerprint density at radius 2 is 1.69 bits per heavy atom. The second kappa shape index (κ2) is 12.9. The molecule has 0 bridgehead atoms.